The van der Waals surface area contributed by atoms with Crippen LogP contribution in [0.4, 0.5) is 8.78 Å². The standard InChI is InChI=1S/C26H27F2N5O4S/c1-30-18(11-22(29-30)24-3-2-10-38-24)15-32-25(35)21-12-19(37-20(13-27)14-28)4-5-23(21)33(26(32)36)17-6-8-31(16-34)9-7-17/h2-5,10-12,16-17,20H,6-9,13-15H2,1H3. The maximum Gasteiger partial charge on any atom is 0.332 e. The van der Waals surface area contributed by atoms with Crippen LogP contribution in [0.2, 0.25) is 0 Å². The van der Waals surface area contributed by atoms with Gasteiger partial charge in [0.1, 0.15) is 24.8 Å². The molecule has 0 unspecified atom stereocenters. The zero-order valence-corrected chi connectivity index (χ0v) is 21.6. The van der Waals surface area contributed by atoms with Gasteiger partial charge in [-0.25, -0.2) is 13.6 Å². The van der Waals surface area contributed by atoms with Crippen LogP contribution in [0.15, 0.2) is 51.4 Å². The van der Waals surface area contributed by atoms with E-state index in [1.807, 2.05) is 23.6 Å². The van der Waals surface area contributed by atoms with Gasteiger partial charge in [0, 0.05) is 26.2 Å². The lowest BCUT2D eigenvalue weighted by Crippen LogP contribution is -2.44. The van der Waals surface area contributed by atoms with Gasteiger partial charge >= 0.3 is 5.69 Å². The smallest absolute Gasteiger partial charge is 0.332 e. The number of halogens is 2. The summed E-state index contributed by atoms with van der Waals surface area (Å²) in [5.41, 5.74) is 0.816. The third kappa shape index (κ3) is 4.87. The molecule has 38 heavy (non-hydrogen) atoms. The van der Waals surface area contributed by atoms with E-state index in [0.717, 1.165) is 21.5 Å². The minimum absolute atomic E-state index is 0.0155. The average Bonchev–Trinajstić information content (AvgIpc) is 3.60. The number of likely N-dealkylation sites (tertiary alicyclic amines) is 1. The molecular weight excluding hydrogens is 516 g/mol. The van der Waals surface area contributed by atoms with Crippen molar-refractivity contribution in [2.45, 2.75) is 31.5 Å². The molecule has 9 nitrogen and oxygen atoms in total. The number of alkyl halides is 2. The highest BCUT2D eigenvalue weighted by Crippen LogP contribution is 2.27. The van der Waals surface area contributed by atoms with Crippen LogP contribution < -0.4 is 16.0 Å². The van der Waals surface area contributed by atoms with Crippen LogP contribution in [0.3, 0.4) is 0 Å². The predicted octanol–water partition coefficient (Wildman–Crippen LogP) is 3.15. The molecule has 0 radical (unpaired) electrons. The van der Waals surface area contributed by atoms with Gasteiger partial charge in [-0.15, -0.1) is 11.3 Å². The number of thiophene rings is 1. The fraction of sp³-hybridized carbons (Fsp3) is 0.385. The van der Waals surface area contributed by atoms with Crippen molar-refractivity contribution < 1.29 is 18.3 Å². The number of carbonyl (C=O) groups is 1. The molecule has 1 saturated heterocycles. The number of aromatic nitrogens is 4. The van der Waals surface area contributed by atoms with Gasteiger partial charge in [-0.05, 0) is 48.6 Å². The molecule has 0 aliphatic carbocycles. The maximum atomic E-state index is 13.8. The molecule has 1 aliphatic heterocycles. The Hall–Kier alpha value is -3.80. The lowest BCUT2D eigenvalue weighted by Gasteiger charge is -2.31. The van der Waals surface area contributed by atoms with E-state index in [4.69, 9.17) is 4.74 Å². The molecule has 1 aromatic carbocycles. The number of hydrogen-bond acceptors (Lipinski definition) is 6. The molecule has 0 N–H and O–H groups in total. The molecular formula is C26H27F2N5O4S. The monoisotopic (exact) mass is 543 g/mol. The van der Waals surface area contributed by atoms with Crippen LogP contribution in [0, 0.1) is 0 Å². The van der Waals surface area contributed by atoms with Crippen molar-refractivity contribution in [2.75, 3.05) is 26.4 Å². The van der Waals surface area contributed by atoms with Crippen molar-refractivity contribution in [1.82, 2.24) is 23.8 Å². The highest BCUT2D eigenvalue weighted by molar-refractivity contribution is 7.13. The summed E-state index contributed by atoms with van der Waals surface area (Å²) < 4.78 is 36.0. The SMILES string of the molecule is Cn1nc(-c2cccs2)cc1Cn1c(=O)c2cc(OC(CF)CF)ccc2n(C2CCN(C=O)CC2)c1=O. The predicted molar refractivity (Wildman–Crippen MR) is 140 cm³/mol. The van der Waals surface area contributed by atoms with Gasteiger partial charge in [-0.2, -0.15) is 5.10 Å². The topological polar surface area (TPSA) is 91.4 Å². The molecule has 0 spiro atoms. The quantitative estimate of drug-likeness (QED) is 0.303. The van der Waals surface area contributed by atoms with Crippen LogP contribution >= 0.6 is 11.3 Å². The Balaban J connectivity index is 1.62. The highest BCUT2D eigenvalue weighted by atomic mass is 32.1. The Morgan fingerprint density at radius 3 is 2.58 bits per heavy atom. The Morgan fingerprint density at radius 1 is 1.16 bits per heavy atom. The van der Waals surface area contributed by atoms with Crippen LogP contribution in [0.5, 0.6) is 5.75 Å². The molecule has 4 aromatic rings. The van der Waals surface area contributed by atoms with Gasteiger partial charge in [0.15, 0.2) is 6.10 Å². The Kier molecular flexibility index (Phi) is 7.41. The molecule has 3 aromatic heterocycles. The number of nitrogens with zero attached hydrogens (tertiary/aromatic N) is 5. The van der Waals surface area contributed by atoms with Gasteiger partial charge in [0.05, 0.1) is 28.0 Å². The summed E-state index contributed by atoms with van der Waals surface area (Å²) in [5, 5.41) is 6.69. The van der Waals surface area contributed by atoms with E-state index in [1.165, 1.54) is 23.5 Å². The van der Waals surface area contributed by atoms with Gasteiger partial charge < -0.3 is 9.64 Å². The summed E-state index contributed by atoms with van der Waals surface area (Å²) >= 11 is 1.54. The summed E-state index contributed by atoms with van der Waals surface area (Å²) in [5.74, 6) is 0.142. The first-order valence-corrected chi connectivity index (χ1v) is 13.1. The fourth-order valence-corrected chi connectivity index (χ4v) is 5.52. The zero-order valence-electron chi connectivity index (χ0n) is 20.8. The van der Waals surface area contributed by atoms with Crippen molar-refractivity contribution >= 4 is 28.6 Å². The number of fused-ring (bicyclic) bond motifs is 1. The van der Waals surface area contributed by atoms with E-state index in [9.17, 15) is 23.2 Å². The minimum atomic E-state index is -1.28. The molecule has 4 heterocycles. The van der Waals surface area contributed by atoms with E-state index in [0.29, 0.717) is 37.1 Å². The van der Waals surface area contributed by atoms with E-state index in [1.54, 1.807) is 27.3 Å². The maximum absolute atomic E-state index is 13.8. The second-order valence-electron chi connectivity index (χ2n) is 9.27. The lowest BCUT2D eigenvalue weighted by molar-refractivity contribution is -0.119. The number of hydrogen-bond donors (Lipinski definition) is 0. The Morgan fingerprint density at radius 2 is 1.92 bits per heavy atom. The molecule has 0 saturated carbocycles. The lowest BCUT2D eigenvalue weighted by atomic mass is 10.0. The third-order valence-corrected chi connectivity index (χ3v) is 7.76. The van der Waals surface area contributed by atoms with Gasteiger partial charge in [0.25, 0.3) is 5.56 Å². The number of aryl methyl sites for hydroxylation is 1. The number of rotatable bonds is 9. The molecule has 5 rings (SSSR count). The van der Waals surface area contributed by atoms with E-state index in [2.05, 4.69) is 5.10 Å². The summed E-state index contributed by atoms with van der Waals surface area (Å²) in [6.07, 6.45) is 0.605. The van der Waals surface area contributed by atoms with Crippen molar-refractivity contribution in [2.24, 2.45) is 7.05 Å². The summed E-state index contributed by atoms with van der Waals surface area (Å²) in [6, 6.07) is 10.0. The van der Waals surface area contributed by atoms with E-state index in [-0.39, 0.29) is 23.7 Å². The second kappa shape index (κ2) is 10.9. The van der Waals surface area contributed by atoms with Crippen molar-refractivity contribution in [3.8, 4) is 16.3 Å². The molecule has 1 amide bonds. The number of amides is 1. The van der Waals surface area contributed by atoms with Crippen LogP contribution in [-0.2, 0) is 18.4 Å². The molecule has 200 valence electrons. The van der Waals surface area contributed by atoms with Crippen molar-refractivity contribution in [3.05, 3.63) is 68.3 Å². The summed E-state index contributed by atoms with van der Waals surface area (Å²) in [4.78, 5) is 41.4. The first-order valence-electron chi connectivity index (χ1n) is 12.3. The van der Waals surface area contributed by atoms with Crippen molar-refractivity contribution in [1.29, 1.82) is 0 Å². The van der Waals surface area contributed by atoms with Gasteiger partial charge in [-0.1, -0.05) is 6.07 Å². The third-order valence-electron chi connectivity index (χ3n) is 6.87. The average molecular weight is 544 g/mol. The number of benzene rings is 1. The first kappa shape index (κ1) is 25.8. The van der Waals surface area contributed by atoms with E-state index >= 15 is 0 Å². The second-order valence-corrected chi connectivity index (χ2v) is 10.2. The molecule has 1 aliphatic rings. The van der Waals surface area contributed by atoms with Gasteiger partial charge in [0.2, 0.25) is 6.41 Å². The van der Waals surface area contributed by atoms with Gasteiger partial charge in [-0.3, -0.25) is 23.4 Å². The molecule has 12 heteroatoms. The van der Waals surface area contributed by atoms with Crippen LogP contribution in [-0.4, -0.2) is 62.8 Å². The van der Waals surface area contributed by atoms with Crippen molar-refractivity contribution in [3.63, 3.8) is 0 Å². The Bertz CT molecular complexity index is 1550. The Labute approximate surface area is 220 Å². The first-order chi connectivity index (χ1) is 18.4. The molecule has 0 atom stereocenters. The number of ether oxygens (including phenoxy) is 1. The van der Waals surface area contributed by atoms with E-state index < -0.39 is 30.7 Å². The molecule has 1 fully saturated rings. The summed E-state index contributed by atoms with van der Waals surface area (Å²) in [6.45, 7) is -1.06. The summed E-state index contributed by atoms with van der Waals surface area (Å²) in [7, 11) is 1.76. The number of carbonyl (C=O) groups excluding carboxylic acids is 1. The van der Waals surface area contributed by atoms with Crippen LogP contribution in [0.1, 0.15) is 24.6 Å². The highest BCUT2D eigenvalue weighted by Gasteiger charge is 2.25. The number of piperidine rings is 1. The molecule has 0 bridgehead atoms. The van der Waals surface area contributed by atoms with Crippen LogP contribution in [0.25, 0.3) is 21.5 Å². The minimum Gasteiger partial charge on any atom is -0.485 e. The normalized spacial score (nSPS) is 14.5. The zero-order chi connectivity index (χ0) is 26.8. The fourth-order valence-electron chi connectivity index (χ4n) is 4.83. The largest absolute Gasteiger partial charge is 0.485 e.